The van der Waals surface area contributed by atoms with Gasteiger partial charge >= 0.3 is 0 Å². The second-order valence-electron chi connectivity index (χ2n) is 4.66. The van der Waals surface area contributed by atoms with E-state index in [4.69, 9.17) is 5.14 Å². The van der Waals surface area contributed by atoms with Crippen LogP contribution in [0.15, 0.2) is 23.1 Å². The van der Waals surface area contributed by atoms with Crippen molar-refractivity contribution < 1.29 is 17.4 Å². The zero-order chi connectivity index (χ0) is 16.2. The van der Waals surface area contributed by atoms with Crippen molar-refractivity contribution in [3.63, 3.8) is 0 Å². The minimum atomic E-state index is -3.94. The summed E-state index contributed by atoms with van der Waals surface area (Å²) in [6.07, 6.45) is 1.54. The van der Waals surface area contributed by atoms with Crippen molar-refractivity contribution in [3.05, 3.63) is 23.8 Å². The molecule has 1 aromatic carbocycles. The first-order chi connectivity index (χ1) is 9.62. The second-order valence-corrected chi connectivity index (χ2v) is 7.74. The number of primary sulfonamides is 1. The lowest BCUT2D eigenvalue weighted by Gasteiger charge is -2.17. The number of carbonyl (C=O) groups excluding carboxylic acids is 1. The van der Waals surface area contributed by atoms with Crippen LogP contribution in [0, 0.1) is 0 Å². The molecule has 21 heavy (non-hydrogen) atoms. The smallest absolute Gasteiger partial charge is 0.251 e. The van der Waals surface area contributed by atoms with Crippen molar-refractivity contribution in [2.45, 2.75) is 4.90 Å². The molecule has 3 N–H and O–H groups in total. The van der Waals surface area contributed by atoms with Gasteiger partial charge in [0.25, 0.3) is 5.91 Å². The molecule has 1 rings (SSSR count). The minimum Gasteiger partial charge on any atom is -0.377 e. The van der Waals surface area contributed by atoms with Crippen LogP contribution in [0.2, 0.25) is 0 Å². The Morgan fingerprint density at radius 3 is 2.48 bits per heavy atom. The van der Waals surface area contributed by atoms with Gasteiger partial charge in [0.15, 0.2) is 0 Å². The summed E-state index contributed by atoms with van der Waals surface area (Å²) in [6.45, 7) is 0.252. The van der Waals surface area contributed by atoms with E-state index in [1.807, 2.05) is 0 Å². The molecule has 0 heterocycles. The maximum atomic E-state index is 11.9. The molecular formula is C12H19N3O4S2. The molecule has 0 saturated carbocycles. The van der Waals surface area contributed by atoms with Gasteiger partial charge in [0.05, 0.1) is 5.69 Å². The van der Waals surface area contributed by atoms with Crippen LogP contribution in [0.1, 0.15) is 10.4 Å². The van der Waals surface area contributed by atoms with Gasteiger partial charge in [0.2, 0.25) is 10.0 Å². The molecule has 1 unspecified atom stereocenters. The maximum absolute atomic E-state index is 11.9. The number of nitrogens with zero attached hydrogens (tertiary/aromatic N) is 1. The fourth-order valence-corrected chi connectivity index (χ4v) is 2.89. The average Bonchev–Trinajstić information content (AvgIpc) is 2.36. The normalized spacial score (nSPS) is 12.8. The fourth-order valence-electron chi connectivity index (χ4n) is 1.66. The number of hydrogen-bond donors (Lipinski definition) is 2. The molecule has 118 valence electrons. The molecule has 0 aromatic heterocycles. The van der Waals surface area contributed by atoms with Crippen molar-refractivity contribution >= 4 is 32.4 Å². The lowest BCUT2D eigenvalue weighted by atomic mass is 10.2. The van der Waals surface area contributed by atoms with E-state index in [-0.39, 0.29) is 17.0 Å². The summed E-state index contributed by atoms with van der Waals surface area (Å²) in [6, 6.07) is 4.28. The fraction of sp³-hybridized carbons (Fsp3) is 0.417. The molecule has 0 saturated heterocycles. The number of anilines is 1. The summed E-state index contributed by atoms with van der Waals surface area (Å²) in [5.41, 5.74) is 0.593. The number of nitrogens with two attached hydrogens (primary N) is 1. The van der Waals surface area contributed by atoms with Gasteiger partial charge in [-0.1, -0.05) is 0 Å². The predicted octanol–water partition coefficient (Wildman–Crippen LogP) is -0.492. The highest BCUT2D eigenvalue weighted by Gasteiger charge is 2.18. The number of hydrogen-bond acceptors (Lipinski definition) is 5. The van der Waals surface area contributed by atoms with Gasteiger partial charge in [-0.3, -0.25) is 9.00 Å². The Morgan fingerprint density at radius 2 is 2.00 bits per heavy atom. The zero-order valence-corrected chi connectivity index (χ0v) is 13.8. The van der Waals surface area contributed by atoms with Crippen molar-refractivity contribution in [2.75, 3.05) is 37.5 Å². The topological polar surface area (TPSA) is 110 Å². The molecular weight excluding hydrogens is 314 g/mol. The summed E-state index contributed by atoms with van der Waals surface area (Å²) in [7, 11) is -1.58. The van der Waals surface area contributed by atoms with Gasteiger partial charge in [-0.2, -0.15) is 0 Å². The van der Waals surface area contributed by atoms with E-state index in [1.54, 1.807) is 19.0 Å². The van der Waals surface area contributed by atoms with Gasteiger partial charge in [-0.15, -0.1) is 0 Å². The van der Waals surface area contributed by atoms with Crippen molar-refractivity contribution in [3.8, 4) is 0 Å². The third-order valence-corrected chi connectivity index (χ3v) is 4.40. The second kappa shape index (κ2) is 7.01. The highest BCUT2D eigenvalue weighted by Crippen LogP contribution is 2.23. The van der Waals surface area contributed by atoms with Crippen LogP contribution in [-0.4, -0.2) is 51.2 Å². The van der Waals surface area contributed by atoms with Crippen LogP contribution in [0.25, 0.3) is 0 Å². The molecule has 0 aliphatic rings. The Labute approximate surface area is 127 Å². The average molecular weight is 333 g/mol. The summed E-state index contributed by atoms with van der Waals surface area (Å²) in [5.74, 6) is -0.0977. The third-order valence-electron chi connectivity index (χ3n) is 2.69. The highest BCUT2D eigenvalue weighted by molar-refractivity contribution is 7.89. The summed E-state index contributed by atoms with van der Waals surface area (Å²) < 4.78 is 34.2. The van der Waals surface area contributed by atoms with Crippen molar-refractivity contribution in [1.82, 2.24) is 5.32 Å². The Balaban J connectivity index is 3.06. The van der Waals surface area contributed by atoms with Gasteiger partial charge in [-0.05, 0) is 18.2 Å². The first kappa shape index (κ1) is 17.6. The van der Waals surface area contributed by atoms with E-state index in [0.29, 0.717) is 11.4 Å². The van der Waals surface area contributed by atoms with Crippen LogP contribution in [0.5, 0.6) is 0 Å². The van der Waals surface area contributed by atoms with Gasteiger partial charge in [0.1, 0.15) is 4.90 Å². The standard InChI is InChI=1S/C12H19N3O4S2/c1-15(2)10-5-4-9(8-11(10)21(13,18)19)12(16)14-6-7-20(3)17/h4-5,8H,6-7H2,1-3H3,(H,14,16)(H2,13,18,19). The Kier molecular flexibility index (Phi) is 5.87. The molecule has 1 atom stereocenters. The first-order valence-electron chi connectivity index (χ1n) is 6.05. The molecule has 0 bridgehead atoms. The number of rotatable bonds is 6. The molecule has 0 aliphatic heterocycles. The molecule has 9 heteroatoms. The maximum Gasteiger partial charge on any atom is 0.251 e. The molecule has 0 spiro atoms. The van der Waals surface area contributed by atoms with Crippen LogP contribution >= 0.6 is 0 Å². The molecule has 0 radical (unpaired) electrons. The molecule has 1 aromatic rings. The Hall–Kier alpha value is -1.45. The quantitative estimate of drug-likeness (QED) is 0.730. The summed E-state index contributed by atoms with van der Waals surface area (Å²) in [5, 5.41) is 7.75. The van der Waals surface area contributed by atoms with Gasteiger partial charge in [0, 0.05) is 49.0 Å². The predicted molar refractivity (Wildman–Crippen MR) is 83.4 cm³/mol. The van der Waals surface area contributed by atoms with Crippen LogP contribution < -0.4 is 15.4 Å². The Morgan fingerprint density at radius 1 is 1.38 bits per heavy atom. The van der Waals surface area contributed by atoms with Crippen LogP contribution in [0.4, 0.5) is 5.69 Å². The number of carbonyl (C=O) groups is 1. The van der Waals surface area contributed by atoms with Crippen molar-refractivity contribution in [1.29, 1.82) is 0 Å². The van der Waals surface area contributed by atoms with Crippen LogP contribution in [0.3, 0.4) is 0 Å². The first-order valence-corrected chi connectivity index (χ1v) is 9.32. The summed E-state index contributed by atoms with van der Waals surface area (Å²) >= 11 is 0. The minimum absolute atomic E-state index is 0.112. The van der Waals surface area contributed by atoms with Gasteiger partial charge < -0.3 is 10.2 Å². The third kappa shape index (κ3) is 5.10. The van der Waals surface area contributed by atoms with E-state index in [9.17, 15) is 17.4 Å². The molecule has 1 amide bonds. The Bertz CT molecular complexity index is 656. The lowest BCUT2D eigenvalue weighted by Crippen LogP contribution is -2.28. The lowest BCUT2D eigenvalue weighted by molar-refractivity contribution is 0.0956. The van der Waals surface area contributed by atoms with E-state index in [1.165, 1.54) is 24.5 Å². The largest absolute Gasteiger partial charge is 0.377 e. The zero-order valence-electron chi connectivity index (χ0n) is 12.1. The van der Waals surface area contributed by atoms with E-state index in [2.05, 4.69) is 5.32 Å². The van der Waals surface area contributed by atoms with Gasteiger partial charge in [-0.25, -0.2) is 13.6 Å². The van der Waals surface area contributed by atoms with Crippen molar-refractivity contribution in [2.24, 2.45) is 5.14 Å². The number of sulfonamides is 1. The number of nitrogens with one attached hydrogen (secondary N) is 1. The number of benzene rings is 1. The molecule has 0 aliphatic carbocycles. The SMILES string of the molecule is CN(C)c1ccc(C(=O)NCCS(C)=O)cc1S(N)(=O)=O. The van der Waals surface area contributed by atoms with E-state index >= 15 is 0 Å². The highest BCUT2D eigenvalue weighted by atomic mass is 32.2. The van der Waals surface area contributed by atoms with E-state index in [0.717, 1.165) is 0 Å². The van der Waals surface area contributed by atoms with Crippen LogP contribution in [-0.2, 0) is 20.8 Å². The number of amides is 1. The van der Waals surface area contributed by atoms with E-state index < -0.39 is 26.7 Å². The monoisotopic (exact) mass is 333 g/mol. The molecule has 0 fully saturated rings. The molecule has 7 nitrogen and oxygen atoms in total. The summed E-state index contributed by atoms with van der Waals surface area (Å²) in [4.78, 5) is 13.4.